The number of hydrogen-bond acceptors (Lipinski definition) is 6. The van der Waals surface area contributed by atoms with Crippen molar-refractivity contribution in [2.24, 2.45) is 5.84 Å². The topological polar surface area (TPSA) is 90.7 Å². The van der Waals surface area contributed by atoms with Crippen molar-refractivity contribution in [1.29, 1.82) is 0 Å². The molecule has 0 aromatic heterocycles. The number of nitrogens with two attached hydrogens (primary N) is 1. The third-order valence-corrected chi connectivity index (χ3v) is 4.05. The molecule has 1 rings (SSSR count). The molecule has 0 aliphatic rings. The Balaban J connectivity index is 2.79. The van der Waals surface area contributed by atoms with E-state index in [1.807, 2.05) is 12.1 Å². The standard InChI is InChI=1S/C13H22N2O4S/c1-18-12-7-6-10(9-13(12)19-2)11(15-14)5-4-8-20(3,16)17/h6-7,9,11,15H,4-5,8,14H2,1-3H3. The molecule has 0 bridgehead atoms. The molecule has 1 atom stereocenters. The number of hydrogen-bond donors (Lipinski definition) is 2. The average molecular weight is 302 g/mol. The monoisotopic (exact) mass is 302 g/mol. The van der Waals surface area contributed by atoms with Crippen LogP contribution in [0, 0.1) is 0 Å². The predicted octanol–water partition coefficient (Wildman–Crippen LogP) is 1.03. The minimum absolute atomic E-state index is 0.128. The zero-order chi connectivity index (χ0) is 15.2. The summed E-state index contributed by atoms with van der Waals surface area (Å²) in [7, 11) is 0.190. The summed E-state index contributed by atoms with van der Waals surface area (Å²) in [5.41, 5.74) is 3.63. The Morgan fingerprint density at radius 3 is 2.40 bits per heavy atom. The summed E-state index contributed by atoms with van der Waals surface area (Å²) in [6, 6.07) is 5.39. The number of methoxy groups -OCH3 is 2. The molecule has 114 valence electrons. The number of hydrazine groups is 1. The molecular weight excluding hydrogens is 280 g/mol. The van der Waals surface area contributed by atoms with Crippen LogP contribution >= 0.6 is 0 Å². The first-order valence-corrected chi connectivity index (χ1v) is 8.33. The summed E-state index contributed by atoms with van der Waals surface area (Å²) >= 11 is 0. The van der Waals surface area contributed by atoms with Gasteiger partial charge in [0.25, 0.3) is 0 Å². The van der Waals surface area contributed by atoms with Gasteiger partial charge in [-0.15, -0.1) is 0 Å². The maximum Gasteiger partial charge on any atom is 0.161 e. The summed E-state index contributed by atoms with van der Waals surface area (Å²) in [6.07, 6.45) is 2.40. The number of nitrogens with one attached hydrogen (secondary N) is 1. The van der Waals surface area contributed by atoms with Gasteiger partial charge in [-0.1, -0.05) is 6.07 Å². The van der Waals surface area contributed by atoms with E-state index in [1.165, 1.54) is 6.26 Å². The van der Waals surface area contributed by atoms with Crippen LogP contribution in [-0.2, 0) is 9.84 Å². The third-order valence-electron chi connectivity index (χ3n) is 3.02. The molecule has 6 nitrogen and oxygen atoms in total. The number of rotatable bonds is 8. The molecule has 3 N–H and O–H groups in total. The Labute approximate surface area is 120 Å². The lowest BCUT2D eigenvalue weighted by Gasteiger charge is -2.18. The summed E-state index contributed by atoms with van der Waals surface area (Å²) in [5, 5.41) is 0. The van der Waals surface area contributed by atoms with Crippen molar-refractivity contribution >= 4 is 9.84 Å². The molecule has 0 aliphatic heterocycles. The van der Waals surface area contributed by atoms with Crippen LogP contribution in [0.3, 0.4) is 0 Å². The number of benzene rings is 1. The first-order chi connectivity index (χ1) is 9.41. The quantitative estimate of drug-likeness (QED) is 0.550. The van der Waals surface area contributed by atoms with Crippen LogP contribution in [0.15, 0.2) is 18.2 Å². The van der Waals surface area contributed by atoms with Crippen molar-refractivity contribution < 1.29 is 17.9 Å². The van der Waals surface area contributed by atoms with Gasteiger partial charge < -0.3 is 9.47 Å². The van der Waals surface area contributed by atoms with Crippen LogP contribution < -0.4 is 20.7 Å². The smallest absolute Gasteiger partial charge is 0.161 e. The molecule has 0 amide bonds. The molecule has 0 radical (unpaired) electrons. The largest absolute Gasteiger partial charge is 0.493 e. The molecule has 0 fully saturated rings. The summed E-state index contributed by atoms with van der Waals surface area (Å²) in [5.74, 6) is 6.96. The molecule has 0 aliphatic carbocycles. The van der Waals surface area contributed by atoms with Gasteiger partial charge in [0.2, 0.25) is 0 Å². The van der Waals surface area contributed by atoms with Gasteiger partial charge in [0.15, 0.2) is 11.5 Å². The van der Waals surface area contributed by atoms with Crippen molar-refractivity contribution in [2.75, 3.05) is 26.2 Å². The van der Waals surface area contributed by atoms with E-state index in [2.05, 4.69) is 5.43 Å². The second-order valence-corrected chi connectivity index (χ2v) is 6.87. The maximum absolute atomic E-state index is 11.1. The zero-order valence-corrected chi connectivity index (χ0v) is 12.9. The minimum Gasteiger partial charge on any atom is -0.493 e. The van der Waals surface area contributed by atoms with Crippen LogP contribution in [0.25, 0.3) is 0 Å². The van der Waals surface area contributed by atoms with E-state index in [9.17, 15) is 8.42 Å². The summed E-state index contributed by atoms with van der Waals surface area (Å²) in [6.45, 7) is 0. The minimum atomic E-state index is -2.95. The first-order valence-electron chi connectivity index (χ1n) is 6.27. The number of ether oxygens (including phenoxy) is 2. The second-order valence-electron chi connectivity index (χ2n) is 4.61. The van der Waals surface area contributed by atoms with Crippen LogP contribution in [0.2, 0.25) is 0 Å². The summed E-state index contributed by atoms with van der Waals surface area (Å²) in [4.78, 5) is 0. The van der Waals surface area contributed by atoms with E-state index < -0.39 is 9.84 Å². The van der Waals surface area contributed by atoms with Gasteiger partial charge in [0, 0.05) is 18.1 Å². The molecule has 0 heterocycles. The van der Waals surface area contributed by atoms with E-state index in [4.69, 9.17) is 15.3 Å². The third kappa shape index (κ3) is 4.99. The lowest BCUT2D eigenvalue weighted by Crippen LogP contribution is -2.28. The van der Waals surface area contributed by atoms with Gasteiger partial charge in [-0.3, -0.25) is 11.3 Å². The van der Waals surface area contributed by atoms with E-state index in [1.54, 1.807) is 20.3 Å². The van der Waals surface area contributed by atoms with Crippen molar-refractivity contribution in [3.8, 4) is 11.5 Å². The van der Waals surface area contributed by atoms with Crippen LogP contribution in [0.4, 0.5) is 0 Å². The van der Waals surface area contributed by atoms with Gasteiger partial charge in [-0.25, -0.2) is 8.42 Å². The van der Waals surface area contributed by atoms with Gasteiger partial charge in [-0.2, -0.15) is 0 Å². The molecule has 1 aromatic carbocycles. The van der Waals surface area contributed by atoms with Gasteiger partial charge >= 0.3 is 0 Å². The van der Waals surface area contributed by atoms with E-state index in [0.717, 1.165) is 5.56 Å². The molecule has 0 saturated carbocycles. The molecule has 1 aromatic rings. The van der Waals surface area contributed by atoms with Crippen molar-refractivity contribution in [3.05, 3.63) is 23.8 Å². The first kappa shape index (κ1) is 16.7. The summed E-state index contributed by atoms with van der Waals surface area (Å²) < 4.78 is 32.7. The lowest BCUT2D eigenvalue weighted by molar-refractivity contribution is 0.353. The van der Waals surface area contributed by atoms with E-state index >= 15 is 0 Å². The molecular formula is C13H22N2O4S. The highest BCUT2D eigenvalue weighted by atomic mass is 32.2. The fraction of sp³-hybridized carbons (Fsp3) is 0.538. The zero-order valence-electron chi connectivity index (χ0n) is 12.0. The molecule has 7 heteroatoms. The van der Waals surface area contributed by atoms with E-state index in [-0.39, 0.29) is 11.8 Å². The highest BCUT2D eigenvalue weighted by molar-refractivity contribution is 7.90. The van der Waals surface area contributed by atoms with Crippen molar-refractivity contribution in [1.82, 2.24) is 5.43 Å². The molecule has 1 unspecified atom stereocenters. The van der Waals surface area contributed by atoms with Crippen LogP contribution in [0.5, 0.6) is 11.5 Å². The second kappa shape index (κ2) is 7.47. The van der Waals surface area contributed by atoms with E-state index in [0.29, 0.717) is 24.3 Å². The Kier molecular flexibility index (Phi) is 6.25. The predicted molar refractivity (Wildman–Crippen MR) is 78.6 cm³/mol. The Morgan fingerprint density at radius 2 is 1.90 bits per heavy atom. The normalized spacial score (nSPS) is 13.0. The SMILES string of the molecule is COc1ccc(C(CCCS(C)(=O)=O)NN)cc1OC. The Bertz CT molecular complexity index is 531. The highest BCUT2D eigenvalue weighted by Crippen LogP contribution is 2.31. The lowest BCUT2D eigenvalue weighted by atomic mass is 10.0. The van der Waals surface area contributed by atoms with Gasteiger partial charge in [-0.05, 0) is 30.5 Å². The fourth-order valence-electron chi connectivity index (χ4n) is 1.97. The highest BCUT2D eigenvalue weighted by Gasteiger charge is 2.14. The van der Waals surface area contributed by atoms with Crippen LogP contribution in [-0.4, -0.2) is 34.6 Å². The Morgan fingerprint density at radius 1 is 1.25 bits per heavy atom. The molecule has 0 spiro atoms. The van der Waals surface area contributed by atoms with Crippen molar-refractivity contribution in [2.45, 2.75) is 18.9 Å². The van der Waals surface area contributed by atoms with Gasteiger partial charge in [0.05, 0.1) is 14.2 Å². The molecule has 20 heavy (non-hydrogen) atoms. The van der Waals surface area contributed by atoms with Gasteiger partial charge in [0.1, 0.15) is 9.84 Å². The van der Waals surface area contributed by atoms with Crippen molar-refractivity contribution in [3.63, 3.8) is 0 Å². The Hall–Kier alpha value is -1.31. The maximum atomic E-state index is 11.1. The fourth-order valence-corrected chi connectivity index (χ4v) is 2.66. The average Bonchev–Trinajstić information content (AvgIpc) is 2.41. The number of sulfone groups is 1. The van der Waals surface area contributed by atoms with Crippen LogP contribution in [0.1, 0.15) is 24.4 Å². The molecule has 0 saturated heterocycles.